The number of carbonyl (C=O) groups excluding carboxylic acids is 2. The lowest BCUT2D eigenvalue weighted by Crippen LogP contribution is -2.29. The van der Waals surface area contributed by atoms with Crippen LogP contribution in [0.1, 0.15) is 17.3 Å². The predicted molar refractivity (Wildman–Crippen MR) is 108 cm³/mol. The van der Waals surface area contributed by atoms with Crippen LogP contribution in [0.5, 0.6) is 0 Å². The number of hydrogen-bond donors (Lipinski definition) is 3. The van der Waals surface area contributed by atoms with E-state index in [0.717, 1.165) is 12.3 Å². The zero-order valence-corrected chi connectivity index (χ0v) is 16.6. The van der Waals surface area contributed by atoms with Gasteiger partial charge in [-0.25, -0.2) is 8.42 Å². The van der Waals surface area contributed by atoms with Crippen molar-refractivity contribution in [2.75, 3.05) is 30.0 Å². The minimum atomic E-state index is -3.57. The summed E-state index contributed by atoms with van der Waals surface area (Å²) in [5, 5.41) is 19.3. The molecule has 0 aliphatic rings. The van der Waals surface area contributed by atoms with E-state index in [9.17, 15) is 28.1 Å². The topological polar surface area (TPSA) is 148 Å². The Bertz CT molecular complexity index is 1050. The third-order valence-corrected chi connectivity index (χ3v) is 4.88. The van der Waals surface area contributed by atoms with Gasteiger partial charge in [0.05, 0.1) is 9.82 Å². The van der Waals surface area contributed by atoms with Crippen LogP contribution >= 0.6 is 0 Å². The number of sulfone groups is 1. The molecule has 2 amide bonds. The standard InChI is InChI=1S/C18H20N4O6S/c1-12(23)21-14-5-3-4-13(10-14)18(24)20-9-8-19-16-7-6-15(29(2,27)28)11-17(16)22(25)26/h3-7,10-11,19H,8-9H2,1-2H3,(H,20,24)(H,21,23). The molecule has 0 spiro atoms. The molecule has 0 radical (unpaired) electrons. The fourth-order valence-electron chi connectivity index (χ4n) is 2.46. The second-order valence-electron chi connectivity index (χ2n) is 6.15. The van der Waals surface area contributed by atoms with E-state index >= 15 is 0 Å². The first kappa shape index (κ1) is 21.8. The van der Waals surface area contributed by atoms with Crippen LogP contribution in [-0.2, 0) is 14.6 Å². The molecule has 0 bridgehead atoms. The zero-order chi connectivity index (χ0) is 21.6. The highest BCUT2D eigenvalue weighted by atomic mass is 32.2. The summed E-state index contributed by atoms with van der Waals surface area (Å²) in [6.45, 7) is 1.70. The highest BCUT2D eigenvalue weighted by Gasteiger charge is 2.18. The van der Waals surface area contributed by atoms with Crippen molar-refractivity contribution in [3.63, 3.8) is 0 Å². The van der Waals surface area contributed by atoms with Crippen LogP contribution in [0.15, 0.2) is 47.4 Å². The van der Waals surface area contributed by atoms with Gasteiger partial charge in [-0.3, -0.25) is 19.7 Å². The number of nitro groups is 1. The van der Waals surface area contributed by atoms with Crippen molar-refractivity contribution in [1.29, 1.82) is 0 Å². The lowest BCUT2D eigenvalue weighted by Gasteiger charge is -2.10. The number of carbonyl (C=O) groups is 2. The molecular weight excluding hydrogens is 400 g/mol. The molecule has 3 N–H and O–H groups in total. The van der Waals surface area contributed by atoms with E-state index in [4.69, 9.17) is 0 Å². The van der Waals surface area contributed by atoms with Crippen molar-refractivity contribution in [3.8, 4) is 0 Å². The van der Waals surface area contributed by atoms with Gasteiger partial charge in [0.2, 0.25) is 5.91 Å². The number of amides is 2. The maximum Gasteiger partial charge on any atom is 0.293 e. The average Bonchev–Trinajstić information content (AvgIpc) is 2.63. The Morgan fingerprint density at radius 1 is 1.10 bits per heavy atom. The van der Waals surface area contributed by atoms with Crippen LogP contribution in [0.25, 0.3) is 0 Å². The fourth-order valence-corrected chi connectivity index (χ4v) is 3.10. The molecule has 0 saturated heterocycles. The summed E-state index contributed by atoms with van der Waals surface area (Å²) in [5.74, 6) is -0.629. The van der Waals surface area contributed by atoms with E-state index in [1.165, 1.54) is 25.1 Å². The summed E-state index contributed by atoms with van der Waals surface area (Å²) in [7, 11) is -3.57. The number of nitrogens with one attached hydrogen (secondary N) is 3. The summed E-state index contributed by atoms with van der Waals surface area (Å²) in [5.41, 5.74) is 0.608. The Labute approximate surface area is 167 Å². The van der Waals surface area contributed by atoms with E-state index in [-0.39, 0.29) is 41.2 Å². The second-order valence-corrected chi connectivity index (χ2v) is 8.17. The van der Waals surface area contributed by atoms with Gasteiger partial charge in [-0.2, -0.15) is 0 Å². The van der Waals surface area contributed by atoms with Gasteiger partial charge in [-0.1, -0.05) is 6.07 Å². The maximum absolute atomic E-state index is 12.2. The molecule has 0 aliphatic heterocycles. The Kier molecular flexibility index (Phi) is 6.89. The van der Waals surface area contributed by atoms with Crippen molar-refractivity contribution < 1.29 is 22.9 Å². The Balaban J connectivity index is 1.97. The molecule has 2 rings (SSSR count). The highest BCUT2D eigenvalue weighted by molar-refractivity contribution is 7.90. The molecule has 2 aromatic carbocycles. The first-order chi connectivity index (χ1) is 13.6. The first-order valence-electron chi connectivity index (χ1n) is 8.46. The molecule has 29 heavy (non-hydrogen) atoms. The number of nitrogens with zero attached hydrogens (tertiary/aromatic N) is 1. The first-order valence-corrected chi connectivity index (χ1v) is 10.4. The molecule has 0 heterocycles. The molecule has 0 fully saturated rings. The molecule has 11 heteroatoms. The van der Waals surface area contributed by atoms with E-state index in [1.54, 1.807) is 18.2 Å². The zero-order valence-electron chi connectivity index (χ0n) is 15.8. The van der Waals surface area contributed by atoms with Crippen LogP contribution < -0.4 is 16.0 Å². The molecule has 2 aromatic rings. The van der Waals surface area contributed by atoms with Gasteiger partial charge in [-0.05, 0) is 30.3 Å². The smallest absolute Gasteiger partial charge is 0.293 e. The lowest BCUT2D eigenvalue weighted by atomic mass is 10.2. The number of rotatable bonds is 8. The maximum atomic E-state index is 12.2. The predicted octanol–water partition coefficient (Wildman–Crippen LogP) is 1.80. The van der Waals surface area contributed by atoms with Crippen LogP contribution in [0.4, 0.5) is 17.1 Å². The Morgan fingerprint density at radius 2 is 1.83 bits per heavy atom. The molecule has 10 nitrogen and oxygen atoms in total. The monoisotopic (exact) mass is 420 g/mol. The van der Waals surface area contributed by atoms with Gasteiger partial charge in [0.15, 0.2) is 9.84 Å². The molecule has 154 valence electrons. The third-order valence-electron chi connectivity index (χ3n) is 3.77. The summed E-state index contributed by atoms with van der Waals surface area (Å²) in [6, 6.07) is 9.97. The van der Waals surface area contributed by atoms with Crippen molar-refractivity contribution in [2.24, 2.45) is 0 Å². The van der Waals surface area contributed by atoms with Gasteiger partial charge in [0.1, 0.15) is 5.69 Å². The highest BCUT2D eigenvalue weighted by Crippen LogP contribution is 2.27. The third kappa shape index (κ3) is 6.28. The molecule has 0 saturated carbocycles. The van der Waals surface area contributed by atoms with Gasteiger partial charge in [0, 0.05) is 43.6 Å². The molecular formula is C18H20N4O6S. The van der Waals surface area contributed by atoms with E-state index in [2.05, 4.69) is 16.0 Å². The van der Waals surface area contributed by atoms with E-state index in [0.29, 0.717) is 11.3 Å². The van der Waals surface area contributed by atoms with Gasteiger partial charge in [-0.15, -0.1) is 0 Å². The van der Waals surface area contributed by atoms with Crippen LogP contribution in [0, 0.1) is 10.1 Å². The largest absolute Gasteiger partial charge is 0.378 e. The number of hydrogen-bond acceptors (Lipinski definition) is 7. The summed E-state index contributed by atoms with van der Waals surface area (Å²) < 4.78 is 23.1. The van der Waals surface area contributed by atoms with Gasteiger partial charge in [0.25, 0.3) is 11.6 Å². The number of anilines is 2. The van der Waals surface area contributed by atoms with Crippen LogP contribution in [0.3, 0.4) is 0 Å². The van der Waals surface area contributed by atoms with Crippen LogP contribution in [-0.4, -0.2) is 44.5 Å². The SMILES string of the molecule is CC(=O)Nc1cccc(C(=O)NCCNc2ccc(S(C)(=O)=O)cc2[N+](=O)[O-])c1. The van der Waals surface area contributed by atoms with E-state index in [1.807, 2.05) is 0 Å². The van der Waals surface area contributed by atoms with Crippen molar-refractivity contribution in [2.45, 2.75) is 11.8 Å². The molecule has 0 aromatic heterocycles. The molecule has 0 atom stereocenters. The summed E-state index contributed by atoms with van der Waals surface area (Å²) in [4.78, 5) is 33.7. The van der Waals surface area contributed by atoms with Crippen molar-refractivity contribution in [3.05, 3.63) is 58.1 Å². The Morgan fingerprint density at radius 3 is 2.45 bits per heavy atom. The number of nitro benzene ring substituents is 1. The van der Waals surface area contributed by atoms with Gasteiger partial charge >= 0.3 is 0 Å². The van der Waals surface area contributed by atoms with Gasteiger partial charge < -0.3 is 16.0 Å². The second kappa shape index (κ2) is 9.15. The van der Waals surface area contributed by atoms with Crippen molar-refractivity contribution >= 4 is 38.7 Å². The fraction of sp³-hybridized carbons (Fsp3) is 0.222. The summed E-state index contributed by atoms with van der Waals surface area (Å²) >= 11 is 0. The Hall–Kier alpha value is -3.47. The molecule has 0 aliphatic carbocycles. The normalized spacial score (nSPS) is 10.8. The average molecular weight is 420 g/mol. The quantitative estimate of drug-likeness (QED) is 0.335. The molecule has 0 unspecified atom stereocenters. The summed E-state index contributed by atoms with van der Waals surface area (Å²) in [6.07, 6.45) is 0.968. The minimum Gasteiger partial charge on any atom is -0.378 e. The minimum absolute atomic E-state index is 0.143. The van der Waals surface area contributed by atoms with Crippen molar-refractivity contribution in [1.82, 2.24) is 5.32 Å². The van der Waals surface area contributed by atoms with E-state index < -0.39 is 14.8 Å². The van der Waals surface area contributed by atoms with Crippen LogP contribution in [0.2, 0.25) is 0 Å². The lowest BCUT2D eigenvalue weighted by molar-refractivity contribution is -0.384. The number of benzene rings is 2.